The fourth-order valence-electron chi connectivity index (χ4n) is 1.94. The quantitative estimate of drug-likeness (QED) is 0.938. The van der Waals surface area contributed by atoms with Gasteiger partial charge in [-0.05, 0) is 25.1 Å². The van der Waals surface area contributed by atoms with Crippen molar-refractivity contribution < 1.29 is 18.0 Å². The molecule has 0 aliphatic rings. The van der Waals surface area contributed by atoms with Gasteiger partial charge in [0.2, 0.25) is 0 Å². The van der Waals surface area contributed by atoms with E-state index in [0.29, 0.717) is 11.4 Å². The van der Waals surface area contributed by atoms with Crippen molar-refractivity contribution in [3.05, 3.63) is 41.5 Å². The van der Waals surface area contributed by atoms with E-state index in [1.54, 1.807) is 36.9 Å². The summed E-state index contributed by atoms with van der Waals surface area (Å²) in [7, 11) is 1.74. The van der Waals surface area contributed by atoms with Crippen LogP contribution in [0.1, 0.15) is 21.9 Å². The van der Waals surface area contributed by atoms with Crippen molar-refractivity contribution in [2.75, 3.05) is 6.54 Å². The minimum atomic E-state index is -4.46. The molecule has 1 N–H and O–H groups in total. The normalized spacial score (nSPS) is 11.7. The number of alkyl halides is 3. The topological polar surface area (TPSA) is 51.9 Å². The number of amides is 1. The van der Waals surface area contributed by atoms with Crippen molar-refractivity contribution >= 4 is 5.91 Å². The van der Waals surface area contributed by atoms with E-state index < -0.39 is 11.9 Å². The predicted octanol–water partition coefficient (Wildman–Crippen LogP) is 1.98. The lowest BCUT2D eigenvalue weighted by Gasteiger charge is -2.07. The van der Waals surface area contributed by atoms with E-state index in [-0.39, 0.29) is 19.0 Å². The van der Waals surface area contributed by atoms with Crippen molar-refractivity contribution in [1.29, 1.82) is 0 Å². The van der Waals surface area contributed by atoms with E-state index in [1.807, 2.05) is 0 Å². The average Bonchev–Trinajstić information content (AvgIpc) is 2.95. The fourth-order valence-corrected chi connectivity index (χ4v) is 1.94. The van der Waals surface area contributed by atoms with Crippen LogP contribution in [0.15, 0.2) is 24.4 Å². The molecule has 5 nitrogen and oxygen atoms in total. The highest BCUT2D eigenvalue weighted by molar-refractivity contribution is 5.92. The van der Waals surface area contributed by atoms with Gasteiger partial charge in [-0.2, -0.15) is 18.3 Å². The molecule has 0 spiro atoms. The number of nitrogens with zero attached hydrogens (tertiary/aromatic N) is 3. The first-order chi connectivity index (χ1) is 9.79. The zero-order chi connectivity index (χ0) is 15.6. The number of halogens is 3. The van der Waals surface area contributed by atoms with Gasteiger partial charge in [-0.3, -0.25) is 9.48 Å². The van der Waals surface area contributed by atoms with Crippen LogP contribution in [0.2, 0.25) is 0 Å². The van der Waals surface area contributed by atoms with Crippen LogP contribution in [0.25, 0.3) is 0 Å². The second kappa shape index (κ2) is 5.63. The van der Waals surface area contributed by atoms with Gasteiger partial charge in [0.05, 0.1) is 6.54 Å². The molecule has 0 atom stereocenters. The van der Waals surface area contributed by atoms with Gasteiger partial charge in [-0.25, -0.2) is 0 Å². The predicted molar refractivity (Wildman–Crippen MR) is 69.7 cm³/mol. The molecule has 0 fully saturated rings. The lowest BCUT2D eigenvalue weighted by atomic mass is 10.3. The third-order valence-electron chi connectivity index (χ3n) is 3.06. The van der Waals surface area contributed by atoms with Crippen LogP contribution in [0.3, 0.4) is 0 Å². The van der Waals surface area contributed by atoms with Crippen LogP contribution in [-0.4, -0.2) is 26.8 Å². The summed E-state index contributed by atoms with van der Waals surface area (Å²) in [5, 5.41) is 6.14. The molecule has 2 rings (SSSR count). The van der Waals surface area contributed by atoms with Gasteiger partial charge in [0.25, 0.3) is 5.91 Å². The summed E-state index contributed by atoms with van der Waals surface area (Å²) < 4.78 is 40.4. The Balaban J connectivity index is 1.94. The van der Waals surface area contributed by atoms with Crippen LogP contribution in [-0.2, 0) is 19.8 Å². The maximum absolute atomic E-state index is 12.5. The Morgan fingerprint density at radius 2 is 2.14 bits per heavy atom. The molecule has 0 saturated heterocycles. The highest BCUT2D eigenvalue weighted by atomic mass is 19.4. The molecule has 1 amide bonds. The summed E-state index contributed by atoms with van der Waals surface area (Å²) in [4.78, 5) is 11.8. The smallest absolute Gasteiger partial charge is 0.349 e. The molecule has 2 aromatic heterocycles. The van der Waals surface area contributed by atoms with Gasteiger partial charge in [-0.1, -0.05) is 0 Å². The summed E-state index contributed by atoms with van der Waals surface area (Å²) in [5.41, 5.74) is -0.0348. The van der Waals surface area contributed by atoms with Crippen LogP contribution in [0.5, 0.6) is 0 Å². The van der Waals surface area contributed by atoms with Crippen LogP contribution in [0.4, 0.5) is 13.2 Å². The minimum absolute atomic E-state index is 0.179. The Morgan fingerprint density at radius 3 is 2.67 bits per heavy atom. The number of hydrogen-bond acceptors (Lipinski definition) is 2. The highest BCUT2D eigenvalue weighted by Crippen LogP contribution is 2.28. The molecule has 0 radical (unpaired) electrons. The van der Waals surface area contributed by atoms with E-state index in [9.17, 15) is 18.0 Å². The number of aromatic nitrogens is 3. The summed E-state index contributed by atoms with van der Waals surface area (Å²) in [6.07, 6.45) is -2.72. The van der Waals surface area contributed by atoms with Crippen molar-refractivity contribution in [2.24, 2.45) is 7.05 Å². The maximum Gasteiger partial charge on any atom is 0.435 e. The van der Waals surface area contributed by atoms with Gasteiger partial charge < -0.3 is 9.88 Å². The number of aryl methyl sites for hydroxylation is 2. The Labute approximate surface area is 119 Å². The SMILES string of the molecule is Cc1cc(C(F)(F)F)nn1CCNC(=O)c1cccn1C. The van der Waals surface area contributed by atoms with Gasteiger partial charge in [0.15, 0.2) is 5.69 Å². The molecule has 0 aromatic carbocycles. The molecular weight excluding hydrogens is 285 g/mol. The number of hydrogen-bond donors (Lipinski definition) is 1. The maximum atomic E-state index is 12.5. The third-order valence-corrected chi connectivity index (χ3v) is 3.06. The molecule has 0 saturated carbocycles. The number of carbonyl (C=O) groups is 1. The number of carbonyl (C=O) groups excluding carboxylic acids is 1. The van der Waals surface area contributed by atoms with E-state index >= 15 is 0 Å². The van der Waals surface area contributed by atoms with E-state index in [1.165, 1.54) is 4.68 Å². The van der Waals surface area contributed by atoms with Crippen molar-refractivity contribution in [2.45, 2.75) is 19.6 Å². The second-order valence-electron chi connectivity index (χ2n) is 4.65. The van der Waals surface area contributed by atoms with E-state index in [4.69, 9.17) is 0 Å². The molecule has 8 heteroatoms. The van der Waals surface area contributed by atoms with Gasteiger partial charge in [-0.15, -0.1) is 0 Å². The summed E-state index contributed by atoms with van der Waals surface area (Å²) >= 11 is 0. The molecule has 21 heavy (non-hydrogen) atoms. The third kappa shape index (κ3) is 3.45. The first kappa shape index (κ1) is 15.1. The van der Waals surface area contributed by atoms with Crippen molar-refractivity contribution in [3.63, 3.8) is 0 Å². The molecule has 2 heterocycles. The zero-order valence-electron chi connectivity index (χ0n) is 11.6. The van der Waals surface area contributed by atoms with Crippen molar-refractivity contribution in [3.8, 4) is 0 Å². The number of rotatable bonds is 4. The summed E-state index contributed by atoms with van der Waals surface area (Å²) in [6, 6.07) is 4.39. The molecule has 0 aliphatic carbocycles. The molecular formula is C13H15F3N4O. The molecule has 0 aliphatic heterocycles. The first-order valence-electron chi connectivity index (χ1n) is 6.30. The largest absolute Gasteiger partial charge is 0.435 e. The summed E-state index contributed by atoms with van der Waals surface area (Å²) in [6.45, 7) is 1.92. The van der Waals surface area contributed by atoms with Gasteiger partial charge in [0, 0.05) is 25.5 Å². The van der Waals surface area contributed by atoms with Crippen LogP contribution >= 0.6 is 0 Å². The van der Waals surface area contributed by atoms with E-state index in [2.05, 4.69) is 10.4 Å². The molecule has 0 unspecified atom stereocenters. The molecule has 0 bridgehead atoms. The molecule has 114 valence electrons. The van der Waals surface area contributed by atoms with Crippen LogP contribution < -0.4 is 5.32 Å². The average molecular weight is 300 g/mol. The Morgan fingerprint density at radius 1 is 1.43 bits per heavy atom. The monoisotopic (exact) mass is 300 g/mol. The number of nitrogens with one attached hydrogen (secondary N) is 1. The lowest BCUT2D eigenvalue weighted by molar-refractivity contribution is -0.141. The van der Waals surface area contributed by atoms with Gasteiger partial charge in [0.1, 0.15) is 5.69 Å². The Bertz CT molecular complexity index is 642. The molecule has 2 aromatic rings. The standard InChI is InChI=1S/C13H15F3N4O/c1-9-8-11(13(14,15)16)18-20(9)7-5-17-12(21)10-4-3-6-19(10)2/h3-4,6,8H,5,7H2,1-2H3,(H,17,21). The van der Waals surface area contributed by atoms with Gasteiger partial charge >= 0.3 is 6.18 Å². The Kier molecular flexibility index (Phi) is 4.06. The lowest BCUT2D eigenvalue weighted by Crippen LogP contribution is -2.29. The highest BCUT2D eigenvalue weighted by Gasteiger charge is 2.34. The van der Waals surface area contributed by atoms with Crippen LogP contribution in [0, 0.1) is 6.92 Å². The van der Waals surface area contributed by atoms with Crippen molar-refractivity contribution in [1.82, 2.24) is 19.7 Å². The fraction of sp³-hybridized carbons (Fsp3) is 0.385. The second-order valence-corrected chi connectivity index (χ2v) is 4.65. The zero-order valence-corrected chi connectivity index (χ0v) is 11.6. The Hall–Kier alpha value is -2.25. The van der Waals surface area contributed by atoms with E-state index in [0.717, 1.165) is 6.07 Å². The summed E-state index contributed by atoms with van der Waals surface area (Å²) in [5.74, 6) is -0.275. The minimum Gasteiger partial charge on any atom is -0.349 e. The first-order valence-corrected chi connectivity index (χ1v) is 6.30.